The van der Waals surface area contributed by atoms with Crippen LogP contribution >= 0.6 is 0 Å². The number of rotatable bonds is 6. The van der Waals surface area contributed by atoms with Crippen LogP contribution in [0.15, 0.2) is 24.3 Å². The van der Waals surface area contributed by atoms with Crippen LogP contribution in [-0.4, -0.2) is 33.5 Å². The van der Waals surface area contributed by atoms with Crippen molar-refractivity contribution in [3.8, 4) is 0 Å². The van der Waals surface area contributed by atoms with Crippen LogP contribution in [-0.2, 0) is 16.0 Å². The third kappa shape index (κ3) is 3.04. The Morgan fingerprint density at radius 2 is 2.14 bits per heavy atom. The summed E-state index contributed by atoms with van der Waals surface area (Å²) < 4.78 is 0. The van der Waals surface area contributed by atoms with Gasteiger partial charge < -0.3 is 15.4 Å². The van der Waals surface area contributed by atoms with Gasteiger partial charge in [0, 0.05) is 13.0 Å². The van der Waals surface area contributed by atoms with Crippen LogP contribution in [0.2, 0.25) is 0 Å². The van der Waals surface area contributed by atoms with E-state index >= 15 is 0 Å². The molecule has 1 fully saturated rings. The van der Waals surface area contributed by atoms with E-state index in [0.717, 1.165) is 29.7 Å². The van der Waals surface area contributed by atoms with E-state index < -0.39 is 11.9 Å². The quantitative estimate of drug-likeness (QED) is 0.698. The molecule has 1 amide bonds. The van der Waals surface area contributed by atoms with Gasteiger partial charge in [-0.1, -0.05) is 12.1 Å². The molecule has 2 unspecified atom stereocenters. The third-order valence-corrected chi connectivity index (χ3v) is 3.77. The molecule has 1 aromatic heterocycles. The van der Waals surface area contributed by atoms with Gasteiger partial charge in [0.15, 0.2) is 0 Å². The molecule has 6 heteroatoms. The van der Waals surface area contributed by atoms with E-state index in [0.29, 0.717) is 13.0 Å². The maximum Gasteiger partial charge on any atom is 0.307 e. The summed E-state index contributed by atoms with van der Waals surface area (Å²) in [4.78, 5) is 30.1. The third-order valence-electron chi connectivity index (χ3n) is 3.77. The molecule has 0 spiro atoms. The summed E-state index contributed by atoms with van der Waals surface area (Å²) in [6, 6.07) is 7.84. The van der Waals surface area contributed by atoms with Gasteiger partial charge in [-0.05, 0) is 25.0 Å². The van der Waals surface area contributed by atoms with Crippen LogP contribution < -0.4 is 5.32 Å². The lowest BCUT2D eigenvalue weighted by atomic mass is 10.2. The lowest BCUT2D eigenvalue weighted by molar-refractivity contribution is -0.140. The van der Waals surface area contributed by atoms with E-state index in [2.05, 4.69) is 15.3 Å². The van der Waals surface area contributed by atoms with Crippen molar-refractivity contribution >= 4 is 22.9 Å². The number of hydrogen-bond donors (Lipinski definition) is 3. The molecule has 0 saturated heterocycles. The molecule has 1 saturated carbocycles. The molecule has 6 nitrogen and oxygen atoms in total. The zero-order valence-electron chi connectivity index (χ0n) is 11.5. The smallest absolute Gasteiger partial charge is 0.307 e. The number of carboxylic acid groups (broad SMARTS) is 1. The van der Waals surface area contributed by atoms with Gasteiger partial charge in [0.25, 0.3) is 0 Å². The van der Waals surface area contributed by atoms with Crippen molar-refractivity contribution in [2.45, 2.75) is 19.3 Å². The Kier molecular flexibility index (Phi) is 3.60. The van der Waals surface area contributed by atoms with Crippen LogP contribution in [0.25, 0.3) is 11.0 Å². The largest absolute Gasteiger partial charge is 0.481 e. The van der Waals surface area contributed by atoms with Crippen molar-refractivity contribution in [3.05, 3.63) is 30.1 Å². The van der Waals surface area contributed by atoms with Gasteiger partial charge in [0.1, 0.15) is 5.82 Å². The fraction of sp³-hybridized carbons (Fsp3) is 0.400. The minimum atomic E-state index is -0.877. The molecular weight excluding hydrogens is 270 g/mol. The van der Waals surface area contributed by atoms with Crippen molar-refractivity contribution in [2.75, 3.05) is 6.54 Å². The number of fused-ring (bicyclic) bond motifs is 1. The number of imidazole rings is 1. The second kappa shape index (κ2) is 5.55. The number of carbonyl (C=O) groups is 2. The number of carboxylic acids is 1. The van der Waals surface area contributed by atoms with Gasteiger partial charge in [-0.25, -0.2) is 4.98 Å². The summed E-state index contributed by atoms with van der Waals surface area (Å²) in [6.07, 6.45) is 1.99. The van der Waals surface area contributed by atoms with Gasteiger partial charge in [-0.3, -0.25) is 9.59 Å². The van der Waals surface area contributed by atoms with Crippen molar-refractivity contribution in [1.82, 2.24) is 15.3 Å². The van der Waals surface area contributed by atoms with Crippen molar-refractivity contribution in [1.29, 1.82) is 0 Å². The van der Waals surface area contributed by atoms with E-state index in [1.165, 1.54) is 0 Å². The number of nitrogens with zero attached hydrogens (tertiary/aromatic N) is 1. The highest BCUT2D eigenvalue weighted by molar-refractivity contribution is 5.89. The molecule has 1 aliphatic carbocycles. The molecule has 3 rings (SSSR count). The highest BCUT2D eigenvalue weighted by Crippen LogP contribution is 2.38. The molecule has 1 aliphatic rings. The summed E-state index contributed by atoms with van der Waals surface area (Å²) in [6.45, 7) is 0.540. The number of aromatic nitrogens is 2. The van der Waals surface area contributed by atoms with Crippen molar-refractivity contribution in [3.63, 3.8) is 0 Å². The number of carbonyl (C=O) groups excluding carboxylic acids is 1. The highest BCUT2D eigenvalue weighted by atomic mass is 16.4. The number of aromatic amines is 1. The molecule has 21 heavy (non-hydrogen) atoms. The number of aryl methyl sites for hydroxylation is 1. The average Bonchev–Trinajstić information content (AvgIpc) is 3.17. The first kappa shape index (κ1) is 13.6. The fourth-order valence-corrected chi connectivity index (χ4v) is 2.48. The Hall–Kier alpha value is -2.37. The summed E-state index contributed by atoms with van der Waals surface area (Å²) in [5.74, 6) is -0.946. The SMILES string of the molecule is O=C(O)C1CC1C(=O)NCCCc1nc2ccccc2[nH]1. The molecule has 110 valence electrons. The van der Waals surface area contributed by atoms with E-state index in [4.69, 9.17) is 5.11 Å². The van der Waals surface area contributed by atoms with Crippen molar-refractivity contribution < 1.29 is 14.7 Å². The minimum absolute atomic E-state index is 0.146. The van der Waals surface area contributed by atoms with E-state index in [9.17, 15) is 9.59 Å². The molecule has 3 N–H and O–H groups in total. The highest BCUT2D eigenvalue weighted by Gasteiger charge is 2.48. The summed E-state index contributed by atoms with van der Waals surface area (Å²) >= 11 is 0. The second-order valence-corrected chi connectivity index (χ2v) is 5.38. The van der Waals surface area contributed by atoms with Crippen LogP contribution in [0.3, 0.4) is 0 Å². The normalized spacial score (nSPS) is 20.4. The molecule has 2 atom stereocenters. The van der Waals surface area contributed by atoms with Crippen LogP contribution in [0, 0.1) is 11.8 Å². The average molecular weight is 287 g/mol. The molecule has 0 radical (unpaired) electrons. The summed E-state index contributed by atoms with van der Waals surface area (Å²) in [5.41, 5.74) is 1.96. The van der Waals surface area contributed by atoms with Gasteiger partial charge in [0.2, 0.25) is 5.91 Å². The van der Waals surface area contributed by atoms with Crippen LogP contribution in [0.1, 0.15) is 18.7 Å². The Labute approximate surface area is 121 Å². The van der Waals surface area contributed by atoms with Crippen LogP contribution in [0.4, 0.5) is 0 Å². The number of hydrogen-bond acceptors (Lipinski definition) is 3. The molecule has 1 aromatic carbocycles. The Balaban J connectivity index is 1.42. The van der Waals surface area contributed by atoms with E-state index in [-0.39, 0.29) is 11.8 Å². The van der Waals surface area contributed by atoms with Gasteiger partial charge in [-0.15, -0.1) is 0 Å². The van der Waals surface area contributed by atoms with Crippen molar-refractivity contribution in [2.24, 2.45) is 11.8 Å². The second-order valence-electron chi connectivity index (χ2n) is 5.38. The van der Waals surface area contributed by atoms with Gasteiger partial charge in [0.05, 0.1) is 22.9 Å². The standard InChI is InChI=1S/C15H17N3O3/c19-14(9-8-10(9)15(20)21)16-7-3-6-13-17-11-4-1-2-5-12(11)18-13/h1-2,4-5,9-10H,3,6-8H2,(H,16,19)(H,17,18)(H,20,21). The summed E-state index contributed by atoms with van der Waals surface area (Å²) in [7, 11) is 0. The Morgan fingerprint density at radius 1 is 1.33 bits per heavy atom. The monoisotopic (exact) mass is 287 g/mol. The summed E-state index contributed by atoms with van der Waals surface area (Å²) in [5, 5.41) is 11.6. The number of amides is 1. The number of benzene rings is 1. The fourth-order valence-electron chi connectivity index (χ4n) is 2.48. The minimum Gasteiger partial charge on any atom is -0.481 e. The first-order chi connectivity index (χ1) is 10.1. The maximum absolute atomic E-state index is 11.7. The lowest BCUT2D eigenvalue weighted by Crippen LogP contribution is -2.27. The number of H-pyrrole nitrogens is 1. The van der Waals surface area contributed by atoms with Gasteiger partial charge >= 0.3 is 5.97 Å². The molecule has 2 aromatic rings. The van der Waals surface area contributed by atoms with Crippen LogP contribution in [0.5, 0.6) is 0 Å². The number of nitrogens with one attached hydrogen (secondary N) is 2. The van der Waals surface area contributed by atoms with Gasteiger partial charge in [-0.2, -0.15) is 0 Å². The first-order valence-electron chi connectivity index (χ1n) is 7.09. The maximum atomic E-state index is 11.7. The molecular formula is C15H17N3O3. The molecule has 1 heterocycles. The topological polar surface area (TPSA) is 95.1 Å². The zero-order chi connectivity index (χ0) is 14.8. The van der Waals surface area contributed by atoms with E-state index in [1.54, 1.807) is 0 Å². The molecule has 0 aliphatic heterocycles. The Morgan fingerprint density at radius 3 is 2.86 bits per heavy atom. The number of para-hydroxylation sites is 2. The first-order valence-corrected chi connectivity index (χ1v) is 7.09. The predicted octanol–water partition coefficient (Wildman–Crippen LogP) is 1.33. The zero-order valence-corrected chi connectivity index (χ0v) is 11.5. The Bertz CT molecular complexity index is 647. The number of aliphatic carboxylic acids is 1. The van der Waals surface area contributed by atoms with E-state index in [1.807, 2.05) is 24.3 Å². The predicted molar refractivity (Wildman–Crippen MR) is 76.7 cm³/mol. The lowest BCUT2D eigenvalue weighted by Gasteiger charge is -2.03. The molecule has 0 bridgehead atoms.